The van der Waals surface area contributed by atoms with E-state index in [1.165, 1.54) is 18.2 Å². The van der Waals surface area contributed by atoms with Crippen LogP contribution in [0.15, 0.2) is 58.2 Å². The highest BCUT2D eigenvalue weighted by atomic mass is 32.2. The minimum atomic E-state index is -4.27. The van der Waals surface area contributed by atoms with Crippen LogP contribution in [0.1, 0.15) is 25.8 Å². The fourth-order valence-electron chi connectivity index (χ4n) is 4.10. The van der Waals surface area contributed by atoms with E-state index in [1.54, 1.807) is 13.8 Å². The summed E-state index contributed by atoms with van der Waals surface area (Å²) in [7, 11) is -4.27. The van der Waals surface area contributed by atoms with Crippen LogP contribution in [0.2, 0.25) is 0 Å². The number of imidazole rings is 1. The second kappa shape index (κ2) is 12.1. The van der Waals surface area contributed by atoms with Gasteiger partial charge in [-0.1, -0.05) is 34.8 Å². The number of aliphatic hydroxyl groups is 1. The number of hydroxylamine groups is 1. The number of sulfonamides is 1. The van der Waals surface area contributed by atoms with Gasteiger partial charge in [0.15, 0.2) is 0 Å². The molecule has 1 saturated heterocycles. The summed E-state index contributed by atoms with van der Waals surface area (Å²) in [5.74, 6) is 0. The molecule has 2 heterocycles. The van der Waals surface area contributed by atoms with Gasteiger partial charge in [-0.3, -0.25) is 4.84 Å². The number of aromatic nitrogens is 2. The zero-order valence-electron chi connectivity index (χ0n) is 21.1. The first-order valence-electron chi connectivity index (χ1n) is 12.3. The number of ether oxygens (including phenoxy) is 2. The second-order valence-electron chi connectivity index (χ2n) is 9.33. The van der Waals surface area contributed by atoms with E-state index in [1.807, 2.05) is 30.3 Å². The number of alkyl carbamates (subject to hydrolysis) is 1. The van der Waals surface area contributed by atoms with Crippen LogP contribution in [0, 0.1) is 0 Å². The standard InChI is InChI=1S/C25H32N4O8S/c1-16(2)37-29(38(33,34)19-8-9-20-21(13-19)27-24(31)26-20)14-23(30)22(12-17-6-4-3-5-7-17)28-25(32)36-18-10-11-35-15-18/h3-9,13,16,18,22-23,30H,10-12,14-15H2,1-2H3,(H,28,32)(H2,26,27,31)/t18-,22-,23+/m0/s1. The molecular weight excluding hydrogens is 516 g/mol. The summed E-state index contributed by atoms with van der Waals surface area (Å²) in [5, 5.41) is 13.9. The number of rotatable bonds is 11. The number of nitrogens with zero attached hydrogens (tertiary/aromatic N) is 1. The zero-order valence-corrected chi connectivity index (χ0v) is 21.9. The Labute approximate surface area is 219 Å². The number of amides is 1. The normalized spacial score (nSPS) is 17.7. The number of benzene rings is 2. The van der Waals surface area contributed by atoms with Crippen LogP contribution in [-0.4, -0.2) is 78.2 Å². The molecule has 1 aliphatic rings. The molecule has 0 aliphatic carbocycles. The zero-order chi connectivity index (χ0) is 27.3. The molecule has 0 spiro atoms. The fraction of sp³-hybridized carbons (Fsp3) is 0.440. The molecule has 1 aliphatic heterocycles. The summed E-state index contributed by atoms with van der Waals surface area (Å²) >= 11 is 0. The van der Waals surface area contributed by atoms with Gasteiger partial charge >= 0.3 is 11.8 Å². The highest BCUT2D eigenvalue weighted by molar-refractivity contribution is 7.89. The number of aromatic amines is 2. The van der Waals surface area contributed by atoms with Crippen molar-refractivity contribution in [3.8, 4) is 0 Å². The average Bonchev–Trinajstić information content (AvgIpc) is 3.51. The molecule has 1 amide bonds. The topological polar surface area (TPSA) is 163 Å². The number of carbonyl (C=O) groups is 1. The molecule has 13 heteroatoms. The lowest BCUT2D eigenvalue weighted by Gasteiger charge is -2.30. The third kappa shape index (κ3) is 6.99. The predicted octanol–water partition coefficient (Wildman–Crippen LogP) is 1.67. The number of fused-ring (bicyclic) bond motifs is 1. The second-order valence-corrected chi connectivity index (χ2v) is 11.2. The third-order valence-corrected chi connectivity index (χ3v) is 7.57. The number of aliphatic hydroxyl groups excluding tert-OH is 1. The fourth-order valence-corrected chi connectivity index (χ4v) is 5.47. The Hall–Kier alpha value is -3.23. The first-order valence-corrected chi connectivity index (χ1v) is 13.7. The lowest BCUT2D eigenvalue weighted by molar-refractivity contribution is -0.136. The largest absolute Gasteiger partial charge is 0.444 e. The van der Waals surface area contributed by atoms with Crippen LogP contribution in [-0.2, 0) is 30.8 Å². The van der Waals surface area contributed by atoms with Gasteiger partial charge in [0.05, 0.1) is 53.9 Å². The Morgan fingerprint density at radius 3 is 2.61 bits per heavy atom. The van der Waals surface area contributed by atoms with Crippen molar-refractivity contribution in [1.29, 1.82) is 0 Å². The molecule has 4 N–H and O–H groups in total. The van der Waals surface area contributed by atoms with Crippen LogP contribution >= 0.6 is 0 Å². The van der Waals surface area contributed by atoms with E-state index in [0.29, 0.717) is 35.1 Å². The Balaban J connectivity index is 1.56. The van der Waals surface area contributed by atoms with Gasteiger partial charge in [-0.2, -0.15) is 0 Å². The molecule has 1 aromatic heterocycles. The number of nitrogens with one attached hydrogen (secondary N) is 3. The van der Waals surface area contributed by atoms with Crippen molar-refractivity contribution in [3.05, 3.63) is 64.6 Å². The molecule has 0 saturated carbocycles. The van der Waals surface area contributed by atoms with Crippen LogP contribution in [0.3, 0.4) is 0 Å². The maximum absolute atomic E-state index is 13.5. The van der Waals surface area contributed by atoms with E-state index < -0.39 is 46.6 Å². The molecule has 38 heavy (non-hydrogen) atoms. The summed E-state index contributed by atoms with van der Waals surface area (Å²) in [5.41, 5.74) is 1.11. The summed E-state index contributed by atoms with van der Waals surface area (Å²) in [6, 6.07) is 12.4. The number of hydrogen-bond acceptors (Lipinski definition) is 8. The van der Waals surface area contributed by atoms with E-state index in [2.05, 4.69) is 15.3 Å². The van der Waals surface area contributed by atoms with Crippen LogP contribution in [0.4, 0.5) is 4.79 Å². The number of H-pyrrole nitrogens is 2. The molecule has 3 aromatic rings. The highest BCUT2D eigenvalue weighted by Gasteiger charge is 2.33. The smallest absolute Gasteiger partial charge is 0.407 e. The third-order valence-electron chi connectivity index (χ3n) is 5.95. The molecule has 0 radical (unpaired) electrons. The van der Waals surface area contributed by atoms with Gasteiger partial charge in [0.2, 0.25) is 0 Å². The number of hydrogen-bond donors (Lipinski definition) is 4. The van der Waals surface area contributed by atoms with Crippen molar-refractivity contribution in [1.82, 2.24) is 19.8 Å². The monoisotopic (exact) mass is 548 g/mol. The minimum Gasteiger partial charge on any atom is -0.444 e. The van der Waals surface area contributed by atoms with Gasteiger partial charge in [0, 0.05) is 6.42 Å². The predicted molar refractivity (Wildman–Crippen MR) is 138 cm³/mol. The molecule has 12 nitrogen and oxygen atoms in total. The first-order chi connectivity index (χ1) is 18.1. The Kier molecular flexibility index (Phi) is 8.84. The van der Waals surface area contributed by atoms with Gasteiger partial charge in [-0.15, -0.1) is 0 Å². The quantitative estimate of drug-likeness (QED) is 0.263. The first kappa shape index (κ1) is 27.8. The molecule has 206 valence electrons. The SMILES string of the molecule is CC(C)ON(C[C@@H](O)[C@H](Cc1ccccc1)NC(=O)O[C@H]1CCOC1)S(=O)(=O)c1ccc2[nH]c(=O)[nH]c2c1. The van der Waals surface area contributed by atoms with E-state index >= 15 is 0 Å². The lowest BCUT2D eigenvalue weighted by Crippen LogP contribution is -2.51. The molecule has 4 rings (SSSR count). The van der Waals surface area contributed by atoms with Crippen LogP contribution in [0.25, 0.3) is 11.0 Å². The highest BCUT2D eigenvalue weighted by Crippen LogP contribution is 2.22. The Morgan fingerprint density at radius 2 is 1.92 bits per heavy atom. The van der Waals surface area contributed by atoms with E-state index in [9.17, 15) is 23.1 Å². The van der Waals surface area contributed by atoms with E-state index in [-0.39, 0.29) is 17.4 Å². The molecule has 1 fully saturated rings. The van der Waals surface area contributed by atoms with Crippen molar-refractivity contribution in [3.63, 3.8) is 0 Å². The minimum absolute atomic E-state index is 0.138. The Bertz CT molecular complexity index is 1380. The van der Waals surface area contributed by atoms with Gasteiger partial charge in [0.1, 0.15) is 6.10 Å². The van der Waals surface area contributed by atoms with Gasteiger partial charge in [-0.05, 0) is 44.0 Å². The number of carbonyl (C=O) groups excluding carboxylic acids is 1. The summed E-state index contributed by atoms with van der Waals surface area (Å²) in [6.45, 7) is 3.62. The van der Waals surface area contributed by atoms with E-state index in [4.69, 9.17) is 14.3 Å². The Morgan fingerprint density at radius 1 is 1.18 bits per heavy atom. The molecule has 2 aromatic carbocycles. The van der Waals surface area contributed by atoms with Crippen molar-refractivity contribution in [2.75, 3.05) is 19.8 Å². The van der Waals surface area contributed by atoms with Crippen LogP contribution in [0.5, 0.6) is 0 Å². The average molecular weight is 549 g/mol. The molecule has 0 bridgehead atoms. The van der Waals surface area contributed by atoms with Crippen molar-refractivity contribution in [2.45, 2.75) is 55.9 Å². The summed E-state index contributed by atoms with van der Waals surface area (Å²) in [4.78, 5) is 34.8. The van der Waals surface area contributed by atoms with Gasteiger partial charge < -0.3 is 29.9 Å². The van der Waals surface area contributed by atoms with Crippen molar-refractivity contribution >= 4 is 27.1 Å². The lowest BCUT2D eigenvalue weighted by atomic mass is 10.0. The molecular formula is C25H32N4O8S. The van der Waals surface area contributed by atoms with Gasteiger partial charge in [-0.25, -0.2) is 18.0 Å². The van der Waals surface area contributed by atoms with E-state index in [0.717, 1.165) is 5.56 Å². The molecule has 3 atom stereocenters. The van der Waals surface area contributed by atoms with Crippen molar-refractivity contribution in [2.24, 2.45) is 0 Å². The van der Waals surface area contributed by atoms with Crippen molar-refractivity contribution < 1.29 is 32.6 Å². The maximum atomic E-state index is 13.5. The molecule has 0 unspecified atom stereocenters. The summed E-state index contributed by atoms with van der Waals surface area (Å²) < 4.78 is 38.4. The van der Waals surface area contributed by atoms with Gasteiger partial charge in [0.25, 0.3) is 10.0 Å². The van der Waals surface area contributed by atoms with Crippen LogP contribution < -0.4 is 11.0 Å². The maximum Gasteiger partial charge on any atom is 0.407 e. The summed E-state index contributed by atoms with van der Waals surface area (Å²) in [6.07, 6.45) is -2.25.